The van der Waals surface area contributed by atoms with E-state index >= 15 is 0 Å². The van der Waals surface area contributed by atoms with E-state index in [4.69, 9.17) is 5.73 Å². The summed E-state index contributed by atoms with van der Waals surface area (Å²) < 4.78 is 1.17. The van der Waals surface area contributed by atoms with Gasteiger partial charge in [0.15, 0.2) is 0 Å². The summed E-state index contributed by atoms with van der Waals surface area (Å²) in [7, 11) is 2.19. The van der Waals surface area contributed by atoms with Gasteiger partial charge in [-0.05, 0) is 39.1 Å². The van der Waals surface area contributed by atoms with E-state index in [9.17, 15) is 0 Å². The fourth-order valence-electron chi connectivity index (χ4n) is 2.92. The maximum absolute atomic E-state index is 6.33. The Hall–Kier alpha value is -1.33. The molecule has 0 amide bonds. The van der Waals surface area contributed by atoms with Crippen LogP contribution in [-0.4, -0.2) is 42.6 Å². The summed E-state index contributed by atoms with van der Waals surface area (Å²) in [6, 6.07) is 4.77. The highest BCUT2D eigenvalue weighted by atomic mass is 32.1. The first kappa shape index (κ1) is 12.7. The van der Waals surface area contributed by atoms with E-state index in [0.717, 1.165) is 36.5 Å². The van der Waals surface area contributed by atoms with Crippen molar-refractivity contribution in [2.24, 2.45) is 0 Å². The van der Waals surface area contributed by atoms with Crippen LogP contribution in [0, 0.1) is 0 Å². The zero-order chi connectivity index (χ0) is 13.4. The van der Waals surface area contributed by atoms with Gasteiger partial charge in [-0.25, -0.2) is 4.98 Å². The molecular formula is C14H20N4S. The van der Waals surface area contributed by atoms with Crippen LogP contribution < -0.4 is 10.6 Å². The number of aromatic nitrogens is 1. The second-order valence-electron chi connectivity index (χ2n) is 5.36. The predicted molar refractivity (Wildman–Crippen MR) is 83.0 cm³/mol. The van der Waals surface area contributed by atoms with Gasteiger partial charge in [0, 0.05) is 19.1 Å². The highest BCUT2D eigenvalue weighted by molar-refractivity contribution is 7.16. The summed E-state index contributed by atoms with van der Waals surface area (Å²) in [5.74, 6) is 0. The molecule has 0 radical (unpaired) electrons. The fourth-order valence-corrected chi connectivity index (χ4v) is 3.61. The SMILES string of the molecule is CC1CN(C)CCCN1c1ccc2scnc2c1N. The zero-order valence-electron chi connectivity index (χ0n) is 11.5. The molecule has 2 N–H and O–H groups in total. The van der Waals surface area contributed by atoms with Crippen LogP contribution in [-0.2, 0) is 0 Å². The average molecular weight is 276 g/mol. The van der Waals surface area contributed by atoms with Gasteiger partial charge in [-0.3, -0.25) is 0 Å². The topological polar surface area (TPSA) is 45.4 Å². The van der Waals surface area contributed by atoms with Crippen LogP contribution >= 0.6 is 11.3 Å². The van der Waals surface area contributed by atoms with Crippen molar-refractivity contribution in [2.45, 2.75) is 19.4 Å². The number of nitrogens with two attached hydrogens (primary N) is 1. The number of hydrogen-bond donors (Lipinski definition) is 1. The van der Waals surface area contributed by atoms with Gasteiger partial charge in [-0.2, -0.15) is 0 Å². The van der Waals surface area contributed by atoms with Gasteiger partial charge < -0.3 is 15.5 Å². The summed E-state index contributed by atoms with van der Waals surface area (Å²) in [6.45, 7) is 5.56. The summed E-state index contributed by atoms with van der Waals surface area (Å²) in [4.78, 5) is 9.21. The first-order valence-corrected chi connectivity index (χ1v) is 7.61. The normalized spacial score (nSPS) is 21.8. The summed E-state index contributed by atoms with van der Waals surface area (Å²) >= 11 is 1.64. The van der Waals surface area contributed by atoms with Crippen LogP contribution in [0.15, 0.2) is 17.6 Å². The molecule has 1 aromatic carbocycles. The molecule has 2 heterocycles. The van der Waals surface area contributed by atoms with Crippen molar-refractivity contribution in [3.05, 3.63) is 17.6 Å². The average Bonchev–Trinajstić information content (AvgIpc) is 2.78. The van der Waals surface area contributed by atoms with Gasteiger partial charge in [0.05, 0.1) is 21.6 Å². The highest BCUT2D eigenvalue weighted by Crippen LogP contribution is 2.34. The van der Waals surface area contributed by atoms with E-state index in [-0.39, 0.29) is 0 Å². The summed E-state index contributed by atoms with van der Waals surface area (Å²) in [5, 5.41) is 0. The lowest BCUT2D eigenvalue weighted by atomic mass is 10.1. The number of benzene rings is 1. The number of likely N-dealkylation sites (N-methyl/N-ethyl adjacent to an activating group) is 1. The van der Waals surface area contributed by atoms with Gasteiger partial charge in [0.25, 0.3) is 0 Å². The number of rotatable bonds is 1. The molecule has 1 atom stereocenters. The van der Waals surface area contributed by atoms with Crippen LogP contribution in [0.4, 0.5) is 11.4 Å². The molecule has 5 heteroatoms. The number of anilines is 2. The van der Waals surface area contributed by atoms with Gasteiger partial charge in [-0.1, -0.05) is 0 Å². The van der Waals surface area contributed by atoms with Gasteiger partial charge in [0.1, 0.15) is 5.52 Å². The van der Waals surface area contributed by atoms with Crippen LogP contribution in [0.2, 0.25) is 0 Å². The molecule has 1 aliphatic heterocycles. The van der Waals surface area contributed by atoms with Crippen LogP contribution in [0.3, 0.4) is 0 Å². The van der Waals surface area contributed by atoms with Crippen molar-refractivity contribution >= 4 is 32.9 Å². The Morgan fingerprint density at radius 3 is 3.05 bits per heavy atom. The van der Waals surface area contributed by atoms with Crippen molar-refractivity contribution in [1.29, 1.82) is 0 Å². The molecule has 0 aliphatic carbocycles. The maximum Gasteiger partial charge on any atom is 0.106 e. The minimum absolute atomic E-state index is 0.478. The van der Waals surface area contributed by atoms with E-state index < -0.39 is 0 Å². The fraction of sp³-hybridized carbons (Fsp3) is 0.500. The second-order valence-corrected chi connectivity index (χ2v) is 6.24. The second kappa shape index (κ2) is 4.98. The number of hydrogen-bond acceptors (Lipinski definition) is 5. The molecule has 1 unspecified atom stereocenters. The molecule has 3 rings (SSSR count). The van der Waals surface area contributed by atoms with E-state index in [0.29, 0.717) is 6.04 Å². The first-order valence-electron chi connectivity index (χ1n) is 6.73. The van der Waals surface area contributed by atoms with Crippen molar-refractivity contribution in [3.63, 3.8) is 0 Å². The molecule has 102 valence electrons. The monoisotopic (exact) mass is 276 g/mol. The molecule has 4 nitrogen and oxygen atoms in total. The van der Waals surface area contributed by atoms with Crippen LogP contribution in [0.1, 0.15) is 13.3 Å². The Bertz CT molecular complexity index is 580. The Labute approximate surface area is 117 Å². The molecule has 1 saturated heterocycles. The minimum atomic E-state index is 0.478. The van der Waals surface area contributed by atoms with Crippen molar-refractivity contribution in [2.75, 3.05) is 37.3 Å². The lowest BCUT2D eigenvalue weighted by Gasteiger charge is -2.31. The number of nitrogens with zero attached hydrogens (tertiary/aromatic N) is 3. The largest absolute Gasteiger partial charge is 0.395 e. The third-order valence-electron chi connectivity index (χ3n) is 3.87. The molecular weight excluding hydrogens is 256 g/mol. The number of fused-ring (bicyclic) bond motifs is 1. The third-order valence-corrected chi connectivity index (χ3v) is 4.67. The predicted octanol–water partition coefficient (Wildman–Crippen LogP) is 2.41. The Kier molecular flexibility index (Phi) is 3.33. The molecule has 0 bridgehead atoms. The molecule has 2 aromatic rings. The van der Waals surface area contributed by atoms with Crippen LogP contribution in [0.25, 0.3) is 10.2 Å². The lowest BCUT2D eigenvalue weighted by molar-refractivity contribution is 0.337. The molecule has 19 heavy (non-hydrogen) atoms. The molecule has 1 aliphatic rings. The Morgan fingerprint density at radius 1 is 1.37 bits per heavy atom. The Balaban J connectivity index is 2.00. The molecule has 1 fully saturated rings. The van der Waals surface area contributed by atoms with Crippen molar-refractivity contribution in [1.82, 2.24) is 9.88 Å². The van der Waals surface area contributed by atoms with Crippen LogP contribution in [0.5, 0.6) is 0 Å². The number of nitrogen functional groups attached to an aromatic ring is 1. The standard InChI is InChI=1S/C14H20N4S/c1-10-8-17(2)6-3-7-18(10)11-4-5-12-14(13(11)15)16-9-19-12/h4-5,9-10H,3,6-8,15H2,1-2H3. The van der Waals surface area contributed by atoms with E-state index in [1.165, 1.54) is 11.1 Å². The van der Waals surface area contributed by atoms with Crippen molar-refractivity contribution in [3.8, 4) is 0 Å². The van der Waals surface area contributed by atoms with E-state index in [1.807, 2.05) is 5.51 Å². The van der Waals surface area contributed by atoms with E-state index in [2.05, 4.69) is 40.9 Å². The quantitative estimate of drug-likeness (QED) is 0.813. The first-order chi connectivity index (χ1) is 9.16. The summed E-state index contributed by atoms with van der Waals surface area (Å²) in [6.07, 6.45) is 1.18. The lowest BCUT2D eigenvalue weighted by Crippen LogP contribution is -2.38. The van der Waals surface area contributed by atoms with Crippen molar-refractivity contribution < 1.29 is 0 Å². The third kappa shape index (κ3) is 2.28. The van der Waals surface area contributed by atoms with E-state index in [1.54, 1.807) is 11.3 Å². The highest BCUT2D eigenvalue weighted by Gasteiger charge is 2.22. The van der Waals surface area contributed by atoms with Gasteiger partial charge >= 0.3 is 0 Å². The smallest absolute Gasteiger partial charge is 0.106 e. The molecule has 1 aromatic heterocycles. The van der Waals surface area contributed by atoms with Gasteiger partial charge in [-0.15, -0.1) is 11.3 Å². The molecule has 0 saturated carbocycles. The minimum Gasteiger partial charge on any atom is -0.395 e. The molecule has 0 spiro atoms. The maximum atomic E-state index is 6.33. The summed E-state index contributed by atoms with van der Waals surface area (Å²) in [5.41, 5.74) is 11.1. The zero-order valence-corrected chi connectivity index (χ0v) is 12.3. The Morgan fingerprint density at radius 2 is 2.21 bits per heavy atom. The number of thiazole rings is 1. The van der Waals surface area contributed by atoms with Gasteiger partial charge in [0.2, 0.25) is 0 Å².